The van der Waals surface area contributed by atoms with Gasteiger partial charge in [0.05, 0.1) is 22.1 Å². The van der Waals surface area contributed by atoms with Gasteiger partial charge in [-0.1, -0.05) is 6.07 Å². The Labute approximate surface area is 128 Å². The highest BCUT2D eigenvalue weighted by molar-refractivity contribution is 7.89. The third-order valence-electron chi connectivity index (χ3n) is 3.09. The van der Waals surface area contributed by atoms with Gasteiger partial charge in [0.1, 0.15) is 0 Å². The fourth-order valence-electron chi connectivity index (χ4n) is 2.20. The van der Waals surface area contributed by atoms with Crippen LogP contribution in [0.25, 0.3) is 0 Å². The molecule has 0 atom stereocenters. The summed E-state index contributed by atoms with van der Waals surface area (Å²) in [5, 5.41) is 10.8. The highest BCUT2D eigenvalue weighted by Crippen LogP contribution is 2.25. The third-order valence-corrected chi connectivity index (χ3v) is 4.80. The van der Waals surface area contributed by atoms with E-state index in [4.69, 9.17) is 0 Å². The van der Waals surface area contributed by atoms with Gasteiger partial charge in [0.25, 0.3) is 5.69 Å². The molecule has 1 aromatic carbocycles. The minimum Gasteiger partial charge on any atom is -0.260 e. The number of nitro benzene ring substituents is 1. The van der Waals surface area contributed by atoms with Gasteiger partial charge < -0.3 is 0 Å². The minimum absolute atomic E-state index is 0.0546. The lowest BCUT2D eigenvalue weighted by Crippen LogP contribution is -2.25. The van der Waals surface area contributed by atoms with Crippen LogP contribution in [0.1, 0.15) is 16.8 Å². The number of nitrogens with one attached hydrogen (secondary N) is 1. The third kappa shape index (κ3) is 3.46. The molecule has 0 saturated heterocycles. The van der Waals surface area contributed by atoms with Crippen molar-refractivity contribution in [2.75, 3.05) is 0 Å². The largest absolute Gasteiger partial charge is 0.270 e. The van der Waals surface area contributed by atoms with E-state index >= 15 is 0 Å². The Bertz CT molecular complexity index is 781. The summed E-state index contributed by atoms with van der Waals surface area (Å²) in [6, 6.07) is 7.71. The molecule has 0 unspecified atom stereocenters. The van der Waals surface area contributed by atoms with Crippen LogP contribution >= 0.6 is 0 Å². The number of aryl methyl sites for hydroxylation is 2. The topological polar surface area (TPSA) is 102 Å². The van der Waals surface area contributed by atoms with E-state index in [9.17, 15) is 18.5 Å². The summed E-state index contributed by atoms with van der Waals surface area (Å²) in [6.07, 6.45) is 1.58. The van der Waals surface area contributed by atoms with Crippen LogP contribution in [0.2, 0.25) is 0 Å². The first-order chi connectivity index (χ1) is 10.3. The lowest BCUT2D eigenvalue weighted by atomic mass is 10.1. The van der Waals surface area contributed by atoms with Crippen molar-refractivity contribution in [3.05, 3.63) is 63.5 Å². The summed E-state index contributed by atoms with van der Waals surface area (Å²) < 4.78 is 27.3. The quantitative estimate of drug-likeness (QED) is 0.671. The van der Waals surface area contributed by atoms with E-state index in [1.54, 1.807) is 24.4 Å². The van der Waals surface area contributed by atoms with Crippen LogP contribution in [0.15, 0.2) is 41.4 Å². The Morgan fingerprint density at radius 1 is 1.23 bits per heavy atom. The van der Waals surface area contributed by atoms with Crippen LogP contribution in [0.5, 0.6) is 0 Å². The van der Waals surface area contributed by atoms with Crippen LogP contribution in [-0.2, 0) is 16.6 Å². The summed E-state index contributed by atoms with van der Waals surface area (Å²) in [5.41, 5.74) is 1.13. The summed E-state index contributed by atoms with van der Waals surface area (Å²) in [4.78, 5) is 14.4. The lowest BCUT2D eigenvalue weighted by Gasteiger charge is -2.12. The van der Waals surface area contributed by atoms with Crippen LogP contribution in [0, 0.1) is 24.0 Å². The van der Waals surface area contributed by atoms with Crippen LogP contribution < -0.4 is 4.72 Å². The Morgan fingerprint density at radius 2 is 1.86 bits per heavy atom. The number of rotatable bonds is 5. The minimum atomic E-state index is -3.77. The standard InChI is InChI=1S/C14H15N3O4S/c1-10-7-13(17(18)19)8-11(2)14(10)22(20,21)16-9-12-5-3-4-6-15-12/h3-8,16H,9H2,1-2H3. The summed E-state index contributed by atoms with van der Waals surface area (Å²) in [6.45, 7) is 3.13. The SMILES string of the molecule is Cc1cc([N+](=O)[O-])cc(C)c1S(=O)(=O)NCc1ccccn1. The number of nitro groups is 1. The van der Waals surface area contributed by atoms with Gasteiger partial charge in [-0.2, -0.15) is 0 Å². The second kappa shape index (κ2) is 6.20. The van der Waals surface area contributed by atoms with Gasteiger partial charge in [0.15, 0.2) is 0 Å². The highest BCUT2D eigenvalue weighted by Gasteiger charge is 2.22. The molecule has 0 fully saturated rings. The van der Waals surface area contributed by atoms with Crippen molar-refractivity contribution >= 4 is 15.7 Å². The number of pyridine rings is 1. The van der Waals surface area contributed by atoms with Gasteiger partial charge in [0.2, 0.25) is 10.0 Å². The number of hydrogen-bond acceptors (Lipinski definition) is 5. The fourth-order valence-corrected chi connectivity index (χ4v) is 3.65. The molecule has 8 heteroatoms. The number of aromatic nitrogens is 1. The summed E-state index contributed by atoms with van der Waals surface area (Å²) in [5.74, 6) is 0. The maximum atomic E-state index is 12.4. The molecule has 0 amide bonds. The maximum absolute atomic E-state index is 12.4. The second-order valence-corrected chi connectivity index (χ2v) is 6.52. The molecule has 2 rings (SSSR count). The first kappa shape index (κ1) is 16.1. The van der Waals surface area contributed by atoms with Crippen molar-refractivity contribution in [2.45, 2.75) is 25.3 Å². The number of hydrogen-bond donors (Lipinski definition) is 1. The van der Waals surface area contributed by atoms with E-state index in [-0.39, 0.29) is 17.1 Å². The molecule has 7 nitrogen and oxygen atoms in total. The normalized spacial score (nSPS) is 11.4. The van der Waals surface area contributed by atoms with Crippen molar-refractivity contribution in [1.29, 1.82) is 0 Å². The molecule has 1 aromatic heterocycles. The molecule has 0 aliphatic carbocycles. The summed E-state index contributed by atoms with van der Waals surface area (Å²) >= 11 is 0. The van der Waals surface area contributed by atoms with Crippen molar-refractivity contribution in [1.82, 2.24) is 9.71 Å². The Balaban J connectivity index is 2.32. The smallest absolute Gasteiger partial charge is 0.260 e. The van der Waals surface area contributed by atoms with Gasteiger partial charge in [-0.3, -0.25) is 15.1 Å². The van der Waals surface area contributed by atoms with Crippen molar-refractivity contribution < 1.29 is 13.3 Å². The van der Waals surface area contributed by atoms with Gasteiger partial charge in [0, 0.05) is 18.3 Å². The van der Waals surface area contributed by atoms with Crippen LogP contribution in [0.3, 0.4) is 0 Å². The van der Waals surface area contributed by atoms with Gasteiger partial charge in [-0.05, 0) is 37.1 Å². The first-order valence-electron chi connectivity index (χ1n) is 6.46. The lowest BCUT2D eigenvalue weighted by molar-refractivity contribution is -0.385. The molecule has 0 bridgehead atoms. The summed E-state index contributed by atoms with van der Waals surface area (Å²) in [7, 11) is -3.77. The zero-order valence-corrected chi connectivity index (χ0v) is 12.9. The monoisotopic (exact) mass is 321 g/mol. The van der Waals surface area contributed by atoms with E-state index in [2.05, 4.69) is 9.71 Å². The first-order valence-corrected chi connectivity index (χ1v) is 7.95. The maximum Gasteiger partial charge on any atom is 0.270 e. The van der Waals surface area contributed by atoms with Crippen LogP contribution in [0.4, 0.5) is 5.69 Å². The molecule has 1 heterocycles. The Hall–Kier alpha value is -2.32. The van der Waals surface area contributed by atoms with Crippen molar-refractivity contribution in [3.63, 3.8) is 0 Å². The van der Waals surface area contributed by atoms with Gasteiger partial charge in [-0.15, -0.1) is 0 Å². The fraction of sp³-hybridized carbons (Fsp3) is 0.214. The zero-order chi connectivity index (χ0) is 16.3. The number of benzene rings is 1. The van der Waals surface area contributed by atoms with E-state index in [0.717, 1.165) is 0 Å². The molecule has 0 aliphatic heterocycles. The predicted octanol–water partition coefficient (Wildman–Crippen LogP) is 2.09. The predicted molar refractivity (Wildman–Crippen MR) is 80.8 cm³/mol. The molecule has 2 aromatic rings. The molecular formula is C14H15N3O4S. The van der Waals surface area contributed by atoms with E-state index in [1.807, 2.05) is 0 Å². The molecule has 0 spiro atoms. The van der Waals surface area contributed by atoms with E-state index in [0.29, 0.717) is 16.8 Å². The molecule has 0 radical (unpaired) electrons. The highest BCUT2D eigenvalue weighted by atomic mass is 32.2. The molecule has 0 aliphatic rings. The zero-order valence-electron chi connectivity index (χ0n) is 12.1. The number of sulfonamides is 1. The molecule has 116 valence electrons. The second-order valence-electron chi connectivity index (χ2n) is 4.81. The molecule has 0 saturated carbocycles. The molecule has 22 heavy (non-hydrogen) atoms. The molecular weight excluding hydrogens is 306 g/mol. The number of nitrogens with zero attached hydrogens (tertiary/aromatic N) is 2. The average molecular weight is 321 g/mol. The van der Waals surface area contributed by atoms with Crippen LogP contribution in [-0.4, -0.2) is 18.3 Å². The van der Waals surface area contributed by atoms with E-state index in [1.165, 1.54) is 26.0 Å². The van der Waals surface area contributed by atoms with Gasteiger partial charge in [-0.25, -0.2) is 13.1 Å². The average Bonchev–Trinajstić information content (AvgIpc) is 2.45. The van der Waals surface area contributed by atoms with Gasteiger partial charge >= 0.3 is 0 Å². The Kier molecular flexibility index (Phi) is 4.53. The molecule has 1 N–H and O–H groups in total. The number of non-ortho nitro benzene ring substituents is 1. The van der Waals surface area contributed by atoms with Crippen molar-refractivity contribution in [3.8, 4) is 0 Å². The van der Waals surface area contributed by atoms with Crippen molar-refractivity contribution in [2.24, 2.45) is 0 Å². The van der Waals surface area contributed by atoms with E-state index < -0.39 is 14.9 Å². The Morgan fingerprint density at radius 3 is 2.36 bits per heavy atom.